The lowest BCUT2D eigenvalue weighted by molar-refractivity contribution is 0.0951. The number of rotatable bonds is 4. The van der Waals surface area contributed by atoms with Crippen LogP contribution in [0.1, 0.15) is 27.2 Å². The van der Waals surface area contributed by atoms with Gasteiger partial charge in [0.05, 0.1) is 23.5 Å². The number of aromatic nitrogens is 3. The molecule has 1 amide bonds. The standard InChI is InChI=1S/C22H17N5O/c1-15-2-3-17(12-24-15)13-26-22(28)19-8-9-27-20(14-25-21(27)10-19)18-6-4-16(11-23)5-7-18/h2-10,12,14H,13H2,1H3,(H,26,28). The molecule has 0 atom stereocenters. The predicted octanol–water partition coefficient (Wildman–Crippen LogP) is 3.51. The van der Waals surface area contributed by atoms with E-state index < -0.39 is 0 Å². The highest BCUT2D eigenvalue weighted by atomic mass is 16.1. The first-order valence-electron chi connectivity index (χ1n) is 8.81. The van der Waals surface area contributed by atoms with Gasteiger partial charge in [0.2, 0.25) is 0 Å². The number of imidazole rings is 1. The molecule has 0 radical (unpaired) electrons. The van der Waals surface area contributed by atoms with Crippen LogP contribution in [0, 0.1) is 18.3 Å². The molecule has 0 aliphatic rings. The Labute approximate surface area is 162 Å². The molecule has 0 aliphatic heterocycles. The molecule has 0 aliphatic carbocycles. The maximum Gasteiger partial charge on any atom is 0.251 e. The molecule has 0 bridgehead atoms. The van der Waals surface area contributed by atoms with Gasteiger partial charge in [-0.15, -0.1) is 0 Å². The largest absolute Gasteiger partial charge is 0.348 e. The number of aryl methyl sites for hydroxylation is 1. The highest BCUT2D eigenvalue weighted by molar-refractivity contribution is 5.95. The van der Waals surface area contributed by atoms with Crippen LogP contribution in [-0.2, 0) is 6.54 Å². The molecule has 3 heterocycles. The Bertz CT molecular complexity index is 1180. The molecule has 0 unspecified atom stereocenters. The van der Waals surface area contributed by atoms with Crippen molar-refractivity contribution in [2.45, 2.75) is 13.5 Å². The van der Waals surface area contributed by atoms with E-state index in [4.69, 9.17) is 5.26 Å². The molecule has 0 saturated carbocycles. The van der Waals surface area contributed by atoms with E-state index in [1.54, 1.807) is 36.7 Å². The molecule has 0 fully saturated rings. The number of amides is 1. The summed E-state index contributed by atoms with van der Waals surface area (Å²) in [5, 5.41) is 11.8. The molecular formula is C22H17N5O. The van der Waals surface area contributed by atoms with Crippen LogP contribution in [0.4, 0.5) is 0 Å². The van der Waals surface area contributed by atoms with Gasteiger partial charge >= 0.3 is 0 Å². The summed E-state index contributed by atoms with van der Waals surface area (Å²) in [5.74, 6) is -0.161. The summed E-state index contributed by atoms with van der Waals surface area (Å²) in [5.41, 5.74) is 5.59. The van der Waals surface area contributed by atoms with Crippen LogP contribution in [0.15, 0.2) is 67.1 Å². The van der Waals surface area contributed by atoms with Gasteiger partial charge in [-0.3, -0.25) is 14.2 Å². The molecule has 0 saturated heterocycles. The zero-order valence-electron chi connectivity index (χ0n) is 15.3. The van der Waals surface area contributed by atoms with E-state index in [0.717, 1.165) is 22.5 Å². The summed E-state index contributed by atoms with van der Waals surface area (Å²) in [4.78, 5) is 21.1. The van der Waals surface area contributed by atoms with E-state index in [2.05, 4.69) is 21.4 Å². The zero-order valence-corrected chi connectivity index (χ0v) is 15.3. The van der Waals surface area contributed by atoms with Crippen molar-refractivity contribution >= 4 is 11.6 Å². The monoisotopic (exact) mass is 367 g/mol. The maximum absolute atomic E-state index is 12.5. The second-order valence-corrected chi connectivity index (χ2v) is 6.47. The van der Waals surface area contributed by atoms with E-state index in [-0.39, 0.29) is 5.91 Å². The minimum atomic E-state index is -0.161. The van der Waals surface area contributed by atoms with E-state index in [0.29, 0.717) is 23.3 Å². The number of carbonyl (C=O) groups is 1. The number of carbonyl (C=O) groups excluding carboxylic acids is 1. The average Bonchev–Trinajstić information content (AvgIpc) is 3.16. The number of benzene rings is 1. The van der Waals surface area contributed by atoms with Crippen LogP contribution < -0.4 is 5.32 Å². The smallest absolute Gasteiger partial charge is 0.251 e. The first kappa shape index (κ1) is 17.4. The van der Waals surface area contributed by atoms with Crippen LogP contribution in [0.2, 0.25) is 0 Å². The van der Waals surface area contributed by atoms with Crippen molar-refractivity contribution in [3.05, 3.63) is 89.5 Å². The number of hydrogen-bond acceptors (Lipinski definition) is 4. The second kappa shape index (κ2) is 7.33. The van der Waals surface area contributed by atoms with Crippen molar-refractivity contribution in [1.82, 2.24) is 19.7 Å². The number of nitrogens with zero attached hydrogens (tertiary/aromatic N) is 4. The molecular weight excluding hydrogens is 350 g/mol. The lowest BCUT2D eigenvalue weighted by atomic mass is 10.1. The molecule has 28 heavy (non-hydrogen) atoms. The molecule has 4 aromatic rings. The SMILES string of the molecule is Cc1ccc(CNC(=O)c2ccn3c(-c4ccc(C#N)cc4)cnc3c2)cn1. The first-order chi connectivity index (χ1) is 13.6. The lowest BCUT2D eigenvalue weighted by Gasteiger charge is -2.07. The van der Waals surface area contributed by atoms with E-state index in [1.807, 2.05) is 41.8 Å². The summed E-state index contributed by atoms with van der Waals surface area (Å²) < 4.78 is 1.92. The van der Waals surface area contributed by atoms with Crippen molar-refractivity contribution in [3.8, 4) is 17.3 Å². The fourth-order valence-electron chi connectivity index (χ4n) is 2.94. The van der Waals surface area contributed by atoms with E-state index in [9.17, 15) is 4.79 Å². The number of nitrogens with one attached hydrogen (secondary N) is 1. The zero-order chi connectivity index (χ0) is 19.5. The van der Waals surface area contributed by atoms with Gasteiger partial charge in [-0.1, -0.05) is 18.2 Å². The average molecular weight is 367 g/mol. The lowest BCUT2D eigenvalue weighted by Crippen LogP contribution is -2.23. The van der Waals surface area contributed by atoms with Crippen LogP contribution in [0.3, 0.4) is 0 Å². The third-order valence-electron chi connectivity index (χ3n) is 4.51. The second-order valence-electron chi connectivity index (χ2n) is 6.47. The van der Waals surface area contributed by atoms with Gasteiger partial charge in [0.25, 0.3) is 5.91 Å². The summed E-state index contributed by atoms with van der Waals surface area (Å²) in [6.45, 7) is 2.34. The van der Waals surface area contributed by atoms with Crippen molar-refractivity contribution in [1.29, 1.82) is 5.26 Å². The molecule has 4 rings (SSSR count). The van der Waals surface area contributed by atoms with Gasteiger partial charge in [0, 0.05) is 35.8 Å². The molecule has 1 N–H and O–H groups in total. The number of fused-ring (bicyclic) bond motifs is 1. The highest BCUT2D eigenvalue weighted by Gasteiger charge is 2.10. The number of pyridine rings is 2. The van der Waals surface area contributed by atoms with Gasteiger partial charge in [0.1, 0.15) is 5.65 Å². The Morgan fingerprint density at radius 3 is 2.64 bits per heavy atom. The summed E-state index contributed by atoms with van der Waals surface area (Å²) in [6.07, 6.45) is 5.35. The predicted molar refractivity (Wildman–Crippen MR) is 105 cm³/mol. The Balaban J connectivity index is 1.54. The number of hydrogen-bond donors (Lipinski definition) is 1. The summed E-state index contributed by atoms with van der Waals surface area (Å²) in [7, 11) is 0. The fourth-order valence-corrected chi connectivity index (χ4v) is 2.94. The molecule has 3 aromatic heterocycles. The van der Waals surface area contributed by atoms with E-state index >= 15 is 0 Å². The quantitative estimate of drug-likeness (QED) is 0.598. The molecule has 136 valence electrons. The van der Waals surface area contributed by atoms with Crippen LogP contribution in [0.25, 0.3) is 16.9 Å². The van der Waals surface area contributed by atoms with E-state index in [1.165, 1.54) is 0 Å². The van der Waals surface area contributed by atoms with Gasteiger partial charge in [0.15, 0.2) is 0 Å². The third kappa shape index (κ3) is 3.46. The maximum atomic E-state index is 12.5. The Hall–Kier alpha value is -3.98. The van der Waals surface area contributed by atoms with Gasteiger partial charge in [-0.2, -0.15) is 5.26 Å². The molecule has 0 spiro atoms. The minimum Gasteiger partial charge on any atom is -0.348 e. The molecule has 6 nitrogen and oxygen atoms in total. The van der Waals surface area contributed by atoms with Crippen LogP contribution in [-0.4, -0.2) is 20.3 Å². The minimum absolute atomic E-state index is 0.161. The van der Waals surface area contributed by atoms with Gasteiger partial charge in [-0.05, 0) is 42.8 Å². The topological polar surface area (TPSA) is 83.1 Å². The number of nitriles is 1. The Kier molecular flexibility index (Phi) is 4.56. The summed E-state index contributed by atoms with van der Waals surface area (Å²) in [6, 6.07) is 16.8. The Morgan fingerprint density at radius 2 is 1.93 bits per heavy atom. The highest BCUT2D eigenvalue weighted by Crippen LogP contribution is 2.22. The van der Waals surface area contributed by atoms with Gasteiger partial charge in [-0.25, -0.2) is 4.98 Å². The third-order valence-corrected chi connectivity index (χ3v) is 4.51. The normalized spacial score (nSPS) is 10.6. The van der Waals surface area contributed by atoms with Crippen molar-refractivity contribution in [2.75, 3.05) is 0 Å². The molecule has 1 aromatic carbocycles. The van der Waals surface area contributed by atoms with Crippen LogP contribution in [0.5, 0.6) is 0 Å². The van der Waals surface area contributed by atoms with Crippen molar-refractivity contribution in [3.63, 3.8) is 0 Å². The Morgan fingerprint density at radius 1 is 1.11 bits per heavy atom. The summed E-state index contributed by atoms with van der Waals surface area (Å²) >= 11 is 0. The first-order valence-corrected chi connectivity index (χ1v) is 8.81. The molecule has 6 heteroatoms. The van der Waals surface area contributed by atoms with Crippen LogP contribution >= 0.6 is 0 Å². The van der Waals surface area contributed by atoms with Crippen molar-refractivity contribution < 1.29 is 4.79 Å². The van der Waals surface area contributed by atoms with Gasteiger partial charge < -0.3 is 5.32 Å². The van der Waals surface area contributed by atoms with Crippen molar-refractivity contribution in [2.24, 2.45) is 0 Å². The fraction of sp³-hybridized carbons (Fsp3) is 0.0909.